The van der Waals surface area contributed by atoms with Crippen LogP contribution in [0.2, 0.25) is 0 Å². The average molecular weight is 228 g/mol. The number of carbonyl (C=O) groups excluding carboxylic acids is 3. The van der Waals surface area contributed by atoms with Gasteiger partial charge in [0.05, 0.1) is 13.1 Å². The SMILES string of the molecule is CN(C)C(=O)CNC(=O)C1CNC(=O)CN1. The molecule has 0 aliphatic carbocycles. The highest BCUT2D eigenvalue weighted by Gasteiger charge is 2.23. The smallest absolute Gasteiger partial charge is 0.241 e. The van der Waals surface area contributed by atoms with Crippen LogP contribution in [-0.2, 0) is 14.4 Å². The maximum atomic E-state index is 11.5. The van der Waals surface area contributed by atoms with Crippen LogP contribution in [0.15, 0.2) is 0 Å². The molecule has 90 valence electrons. The summed E-state index contributed by atoms with van der Waals surface area (Å²) in [5, 5.41) is 7.84. The summed E-state index contributed by atoms with van der Waals surface area (Å²) in [6, 6.07) is -0.465. The summed E-state index contributed by atoms with van der Waals surface area (Å²) in [5.74, 6) is -0.586. The third kappa shape index (κ3) is 3.50. The topological polar surface area (TPSA) is 90.5 Å². The van der Waals surface area contributed by atoms with E-state index >= 15 is 0 Å². The van der Waals surface area contributed by atoms with E-state index in [2.05, 4.69) is 16.0 Å². The molecule has 3 N–H and O–H groups in total. The van der Waals surface area contributed by atoms with Crippen molar-refractivity contribution in [2.24, 2.45) is 0 Å². The molecular weight excluding hydrogens is 212 g/mol. The minimum Gasteiger partial charge on any atom is -0.353 e. The fourth-order valence-corrected chi connectivity index (χ4v) is 1.20. The van der Waals surface area contributed by atoms with Gasteiger partial charge in [-0.2, -0.15) is 0 Å². The summed E-state index contributed by atoms with van der Waals surface area (Å²) in [7, 11) is 3.24. The van der Waals surface area contributed by atoms with E-state index in [-0.39, 0.29) is 37.4 Å². The van der Waals surface area contributed by atoms with E-state index in [1.54, 1.807) is 14.1 Å². The third-order valence-corrected chi connectivity index (χ3v) is 2.24. The van der Waals surface area contributed by atoms with Crippen molar-refractivity contribution in [3.8, 4) is 0 Å². The molecule has 1 atom stereocenters. The molecule has 7 nitrogen and oxygen atoms in total. The molecule has 0 aromatic rings. The molecule has 1 rings (SSSR count). The predicted molar refractivity (Wildman–Crippen MR) is 56.5 cm³/mol. The van der Waals surface area contributed by atoms with Crippen molar-refractivity contribution in [1.29, 1.82) is 0 Å². The van der Waals surface area contributed by atoms with Crippen molar-refractivity contribution < 1.29 is 14.4 Å². The third-order valence-electron chi connectivity index (χ3n) is 2.24. The van der Waals surface area contributed by atoms with Gasteiger partial charge in [0.15, 0.2) is 0 Å². The van der Waals surface area contributed by atoms with Crippen molar-refractivity contribution in [3.05, 3.63) is 0 Å². The highest BCUT2D eigenvalue weighted by Crippen LogP contribution is 1.88. The number of hydrogen-bond donors (Lipinski definition) is 3. The summed E-state index contributed by atoms with van der Waals surface area (Å²) in [6.07, 6.45) is 0. The Morgan fingerprint density at radius 2 is 2.19 bits per heavy atom. The number of carbonyl (C=O) groups is 3. The first-order valence-corrected chi connectivity index (χ1v) is 4.98. The van der Waals surface area contributed by atoms with Crippen molar-refractivity contribution in [2.75, 3.05) is 33.7 Å². The Kier molecular flexibility index (Phi) is 4.24. The summed E-state index contributed by atoms with van der Waals surface area (Å²) >= 11 is 0. The van der Waals surface area contributed by atoms with Crippen molar-refractivity contribution >= 4 is 17.7 Å². The van der Waals surface area contributed by atoms with E-state index in [0.717, 1.165) is 0 Å². The summed E-state index contributed by atoms with van der Waals surface area (Å²) in [4.78, 5) is 35.0. The first-order valence-electron chi connectivity index (χ1n) is 4.98. The second-order valence-corrected chi connectivity index (χ2v) is 3.74. The zero-order valence-corrected chi connectivity index (χ0v) is 9.37. The lowest BCUT2D eigenvalue weighted by molar-refractivity contribution is -0.132. The molecule has 0 bridgehead atoms. The lowest BCUT2D eigenvalue weighted by Gasteiger charge is -2.23. The zero-order valence-electron chi connectivity index (χ0n) is 9.37. The van der Waals surface area contributed by atoms with Gasteiger partial charge in [-0.05, 0) is 0 Å². The largest absolute Gasteiger partial charge is 0.353 e. The number of rotatable bonds is 3. The summed E-state index contributed by atoms with van der Waals surface area (Å²) in [6.45, 7) is 0.346. The van der Waals surface area contributed by atoms with Crippen molar-refractivity contribution in [2.45, 2.75) is 6.04 Å². The zero-order chi connectivity index (χ0) is 12.1. The first kappa shape index (κ1) is 12.4. The fourth-order valence-electron chi connectivity index (χ4n) is 1.20. The quantitative estimate of drug-likeness (QED) is 0.489. The van der Waals surface area contributed by atoms with Gasteiger partial charge < -0.3 is 15.5 Å². The number of piperazine rings is 1. The van der Waals surface area contributed by atoms with Gasteiger partial charge in [0.1, 0.15) is 6.04 Å². The van der Waals surface area contributed by atoms with Crippen LogP contribution in [0.25, 0.3) is 0 Å². The molecule has 16 heavy (non-hydrogen) atoms. The van der Waals surface area contributed by atoms with Gasteiger partial charge in [-0.15, -0.1) is 0 Å². The second kappa shape index (κ2) is 5.45. The minimum atomic E-state index is -0.465. The normalized spacial score (nSPS) is 19.9. The van der Waals surface area contributed by atoms with Crippen LogP contribution in [0.5, 0.6) is 0 Å². The van der Waals surface area contributed by atoms with E-state index in [4.69, 9.17) is 0 Å². The molecule has 1 aliphatic rings. The Bertz CT molecular complexity index is 293. The molecule has 1 aliphatic heterocycles. The Morgan fingerprint density at radius 1 is 1.50 bits per heavy atom. The lowest BCUT2D eigenvalue weighted by atomic mass is 10.2. The first-order chi connectivity index (χ1) is 7.50. The molecule has 1 unspecified atom stereocenters. The minimum absolute atomic E-state index is 0.0298. The van der Waals surface area contributed by atoms with Gasteiger partial charge in [0.25, 0.3) is 0 Å². The Morgan fingerprint density at radius 3 is 2.69 bits per heavy atom. The van der Waals surface area contributed by atoms with Crippen molar-refractivity contribution in [3.63, 3.8) is 0 Å². The van der Waals surface area contributed by atoms with Crippen LogP contribution < -0.4 is 16.0 Å². The highest BCUT2D eigenvalue weighted by molar-refractivity contribution is 5.89. The van der Waals surface area contributed by atoms with Gasteiger partial charge in [-0.1, -0.05) is 0 Å². The predicted octanol–water partition coefficient (Wildman–Crippen LogP) is -2.72. The van der Waals surface area contributed by atoms with E-state index < -0.39 is 6.04 Å². The van der Waals surface area contributed by atoms with E-state index in [9.17, 15) is 14.4 Å². The van der Waals surface area contributed by atoms with Crippen LogP contribution in [0.4, 0.5) is 0 Å². The molecule has 3 amide bonds. The number of nitrogens with one attached hydrogen (secondary N) is 3. The molecule has 0 spiro atoms. The van der Waals surface area contributed by atoms with E-state index in [1.165, 1.54) is 4.90 Å². The molecule has 0 radical (unpaired) electrons. The van der Waals surface area contributed by atoms with Gasteiger partial charge in [0.2, 0.25) is 17.7 Å². The highest BCUT2D eigenvalue weighted by atomic mass is 16.2. The number of nitrogens with zero attached hydrogens (tertiary/aromatic N) is 1. The molecule has 7 heteroatoms. The molecule has 1 heterocycles. The maximum absolute atomic E-state index is 11.5. The standard InChI is InChI=1S/C9H16N4O3/c1-13(2)8(15)5-12-9(16)6-3-11-7(14)4-10-6/h6,10H,3-5H2,1-2H3,(H,11,14)(H,12,16). The second-order valence-electron chi connectivity index (χ2n) is 3.74. The monoisotopic (exact) mass is 228 g/mol. The van der Waals surface area contributed by atoms with Gasteiger partial charge in [-0.3, -0.25) is 19.7 Å². The number of amides is 3. The van der Waals surface area contributed by atoms with Crippen LogP contribution in [0, 0.1) is 0 Å². The van der Waals surface area contributed by atoms with Gasteiger partial charge in [0, 0.05) is 20.6 Å². The van der Waals surface area contributed by atoms with Crippen LogP contribution in [0.1, 0.15) is 0 Å². The van der Waals surface area contributed by atoms with Crippen LogP contribution >= 0.6 is 0 Å². The Balaban J connectivity index is 2.30. The summed E-state index contributed by atoms with van der Waals surface area (Å²) in [5.41, 5.74) is 0. The number of likely N-dealkylation sites (N-methyl/N-ethyl adjacent to an activating group) is 1. The number of hydrogen-bond acceptors (Lipinski definition) is 4. The molecule has 1 fully saturated rings. The van der Waals surface area contributed by atoms with Crippen LogP contribution in [-0.4, -0.2) is 62.4 Å². The Hall–Kier alpha value is -1.63. The molecule has 0 aromatic carbocycles. The molecule has 0 saturated carbocycles. The fraction of sp³-hybridized carbons (Fsp3) is 0.667. The van der Waals surface area contributed by atoms with Crippen molar-refractivity contribution in [1.82, 2.24) is 20.9 Å². The Labute approximate surface area is 93.5 Å². The maximum Gasteiger partial charge on any atom is 0.241 e. The lowest BCUT2D eigenvalue weighted by Crippen LogP contribution is -2.58. The average Bonchev–Trinajstić information content (AvgIpc) is 2.26. The van der Waals surface area contributed by atoms with Crippen LogP contribution in [0.3, 0.4) is 0 Å². The summed E-state index contributed by atoms with van der Waals surface area (Å²) < 4.78 is 0. The van der Waals surface area contributed by atoms with Gasteiger partial charge in [-0.25, -0.2) is 0 Å². The van der Waals surface area contributed by atoms with Gasteiger partial charge >= 0.3 is 0 Å². The molecule has 0 aromatic heterocycles. The molecular formula is C9H16N4O3. The van der Waals surface area contributed by atoms with E-state index in [0.29, 0.717) is 0 Å². The molecule has 1 saturated heterocycles. The van der Waals surface area contributed by atoms with E-state index in [1.807, 2.05) is 0 Å².